The summed E-state index contributed by atoms with van der Waals surface area (Å²) >= 11 is 0. The number of hydrogen-bond donors (Lipinski definition) is 0. The van der Waals surface area contributed by atoms with Crippen LogP contribution >= 0.6 is 0 Å². The zero-order chi connectivity index (χ0) is 24.6. The molecular weight excluding hydrogens is 438 g/mol. The van der Waals surface area contributed by atoms with Gasteiger partial charge in [0.15, 0.2) is 6.29 Å². The monoisotopic (exact) mass is 467 g/mol. The van der Waals surface area contributed by atoms with Gasteiger partial charge in [-0.1, -0.05) is 66.2 Å². The van der Waals surface area contributed by atoms with Gasteiger partial charge < -0.3 is 9.47 Å². The van der Waals surface area contributed by atoms with Gasteiger partial charge in [-0.3, -0.25) is 9.59 Å². The molecule has 1 aliphatic heterocycles. The van der Waals surface area contributed by atoms with Crippen molar-refractivity contribution < 1.29 is 19.1 Å². The first-order valence-electron chi connectivity index (χ1n) is 12.1. The molecule has 35 heavy (non-hydrogen) atoms. The number of aryl methyl sites for hydroxylation is 3. The fraction of sp³-hybridized carbons (Fsp3) is 0.333. The molecule has 0 saturated carbocycles. The van der Waals surface area contributed by atoms with Crippen LogP contribution in [0.5, 0.6) is 0 Å². The Kier molecular flexibility index (Phi) is 4.83. The van der Waals surface area contributed by atoms with Crippen LogP contribution in [-0.2, 0) is 24.5 Å². The van der Waals surface area contributed by atoms with Crippen LogP contribution in [0.3, 0.4) is 0 Å². The summed E-state index contributed by atoms with van der Waals surface area (Å²) in [5, 5.41) is 0. The predicted octanol–water partition coefficient (Wildman–Crippen LogP) is 4.78. The number of anilines is 1. The van der Waals surface area contributed by atoms with Crippen molar-refractivity contribution in [2.45, 2.75) is 38.4 Å². The highest BCUT2D eigenvalue weighted by Gasteiger charge is 2.71. The normalized spacial score (nSPS) is 26.2. The van der Waals surface area contributed by atoms with Gasteiger partial charge in [0.05, 0.1) is 22.9 Å². The first-order valence-corrected chi connectivity index (χ1v) is 12.1. The molecule has 3 aromatic carbocycles. The van der Waals surface area contributed by atoms with E-state index in [0.29, 0.717) is 5.69 Å². The third kappa shape index (κ3) is 2.60. The average Bonchev–Trinajstić information content (AvgIpc) is 3.11. The highest BCUT2D eigenvalue weighted by molar-refractivity contribution is 6.24. The zero-order valence-electron chi connectivity index (χ0n) is 20.7. The van der Waals surface area contributed by atoms with Crippen molar-refractivity contribution in [3.05, 3.63) is 99.6 Å². The van der Waals surface area contributed by atoms with Gasteiger partial charge in [0, 0.05) is 20.1 Å². The van der Waals surface area contributed by atoms with E-state index in [2.05, 4.69) is 24.3 Å². The Morgan fingerprint density at radius 3 is 1.83 bits per heavy atom. The molecule has 7 rings (SSSR count). The SMILES string of the molecule is COC(OC)C12c3ccccc3C(c3ccccc31)[C@H]1C(=O)N(c3c(C)cc(C)cc3C)C(=O)[C@@H]12. The maximum Gasteiger partial charge on any atom is 0.239 e. The van der Waals surface area contributed by atoms with Gasteiger partial charge in [-0.2, -0.15) is 0 Å². The second-order valence-corrected chi connectivity index (χ2v) is 10.1. The van der Waals surface area contributed by atoms with Gasteiger partial charge in [-0.15, -0.1) is 0 Å². The van der Waals surface area contributed by atoms with E-state index in [9.17, 15) is 9.59 Å². The lowest BCUT2D eigenvalue weighted by atomic mass is 9.47. The van der Waals surface area contributed by atoms with Gasteiger partial charge in [0.1, 0.15) is 0 Å². The lowest BCUT2D eigenvalue weighted by Crippen LogP contribution is -2.60. The summed E-state index contributed by atoms with van der Waals surface area (Å²) in [4.78, 5) is 30.3. The van der Waals surface area contributed by atoms with Crippen molar-refractivity contribution >= 4 is 17.5 Å². The molecule has 0 aromatic heterocycles. The van der Waals surface area contributed by atoms with E-state index in [-0.39, 0.29) is 17.7 Å². The van der Waals surface area contributed by atoms with E-state index in [1.54, 1.807) is 14.2 Å². The largest absolute Gasteiger partial charge is 0.355 e. The number of nitrogens with zero attached hydrogens (tertiary/aromatic N) is 1. The minimum absolute atomic E-state index is 0.139. The lowest BCUT2D eigenvalue weighted by Gasteiger charge is -2.56. The highest BCUT2D eigenvalue weighted by Crippen LogP contribution is 2.66. The van der Waals surface area contributed by atoms with E-state index < -0.39 is 23.5 Å². The van der Waals surface area contributed by atoms with E-state index in [4.69, 9.17) is 9.47 Å². The summed E-state index contributed by atoms with van der Waals surface area (Å²) in [7, 11) is 3.22. The number of carbonyl (C=O) groups excluding carboxylic acids is 2. The van der Waals surface area contributed by atoms with Crippen LogP contribution in [0.15, 0.2) is 60.7 Å². The summed E-state index contributed by atoms with van der Waals surface area (Å²) in [5.74, 6) is -1.67. The molecule has 0 N–H and O–H groups in total. The van der Waals surface area contributed by atoms with Crippen molar-refractivity contribution in [3.8, 4) is 0 Å². The minimum atomic E-state index is -0.940. The Hall–Kier alpha value is -3.28. The third-order valence-corrected chi connectivity index (χ3v) is 8.34. The van der Waals surface area contributed by atoms with Crippen molar-refractivity contribution in [1.29, 1.82) is 0 Å². The molecule has 0 spiro atoms. The molecule has 1 fully saturated rings. The third-order valence-electron chi connectivity index (χ3n) is 8.34. The predicted molar refractivity (Wildman–Crippen MR) is 133 cm³/mol. The molecule has 178 valence electrons. The molecule has 5 heteroatoms. The van der Waals surface area contributed by atoms with E-state index in [0.717, 1.165) is 38.9 Å². The molecule has 3 aliphatic carbocycles. The van der Waals surface area contributed by atoms with Crippen molar-refractivity contribution in [1.82, 2.24) is 0 Å². The highest BCUT2D eigenvalue weighted by atomic mass is 16.7. The number of hydrogen-bond acceptors (Lipinski definition) is 4. The number of carbonyl (C=O) groups is 2. The summed E-state index contributed by atoms with van der Waals surface area (Å²) in [5.41, 5.74) is 6.90. The molecule has 0 unspecified atom stereocenters. The molecule has 2 amide bonds. The Morgan fingerprint density at radius 2 is 1.31 bits per heavy atom. The molecule has 4 aliphatic rings. The van der Waals surface area contributed by atoms with Crippen molar-refractivity contribution in [2.75, 3.05) is 19.1 Å². The zero-order valence-corrected chi connectivity index (χ0v) is 20.7. The van der Waals surface area contributed by atoms with Crippen LogP contribution in [0.4, 0.5) is 5.69 Å². The van der Waals surface area contributed by atoms with Crippen LogP contribution in [0.1, 0.15) is 44.9 Å². The summed E-state index contributed by atoms with van der Waals surface area (Å²) in [6, 6.07) is 20.4. The fourth-order valence-corrected chi connectivity index (χ4v) is 7.44. The van der Waals surface area contributed by atoms with Gasteiger partial charge in [-0.25, -0.2) is 4.90 Å². The molecule has 2 bridgehead atoms. The number of methoxy groups -OCH3 is 2. The van der Waals surface area contributed by atoms with E-state index in [1.807, 2.05) is 57.2 Å². The van der Waals surface area contributed by atoms with Crippen LogP contribution in [0.2, 0.25) is 0 Å². The Labute approximate surface area is 205 Å². The van der Waals surface area contributed by atoms with Crippen molar-refractivity contribution in [2.24, 2.45) is 11.8 Å². The Balaban J connectivity index is 1.68. The van der Waals surface area contributed by atoms with Crippen LogP contribution < -0.4 is 4.90 Å². The lowest BCUT2D eigenvalue weighted by molar-refractivity contribution is -0.168. The van der Waals surface area contributed by atoms with Gasteiger partial charge in [0.25, 0.3) is 0 Å². The summed E-state index contributed by atoms with van der Waals surface area (Å²) in [6.07, 6.45) is -0.740. The standard InChI is InChI=1S/C30H29NO4/c1-16-14-17(2)26(18(3)15-16)31-27(32)24-23-19-10-6-8-12-21(19)30(25(24)28(31)33,29(34-4)35-5)22-13-9-7-11-20(22)23/h6-15,23-25,29H,1-5H3/t23?,24-,25-,30?/m1/s1. The number of imide groups is 1. The van der Waals surface area contributed by atoms with Gasteiger partial charge in [-0.05, 0) is 54.2 Å². The second kappa shape index (κ2) is 7.61. The molecule has 0 radical (unpaired) electrons. The van der Waals surface area contributed by atoms with Crippen LogP contribution in [0.25, 0.3) is 0 Å². The molecule has 3 aromatic rings. The average molecular weight is 468 g/mol. The Bertz CT molecular complexity index is 1320. The summed E-state index contributed by atoms with van der Waals surface area (Å²) in [6.45, 7) is 5.97. The number of benzene rings is 3. The second-order valence-electron chi connectivity index (χ2n) is 10.1. The first kappa shape index (κ1) is 22.2. The Morgan fingerprint density at radius 1 is 0.800 bits per heavy atom. The van der Waals surface area contributed by atoms with E-state index >= 15 is 0 Å². The van der Waals surface area contributed by atoms with E-state index in [1.165, 1.54) is 4.90 Å². The quantitative estimate of drug-likeness (QED) is 0.409. The van der Waals surface area contributed by atoms with Gasteiger partial charge in [0.2, 0.25) is 11.8 Å². The van der Waals surface area contributed by atoms with Crippen molar-refractivity contribution in [3.63, 3.8) is 0 Å². The van der Waals surface area contributed by atoms with Crippen LogP contribution in [-0.4, -0.2) is 32.3 Å². The molecule has 5 nitrogen and oxygen atoms in total. The van der Waals surface area contributed by atoms with Crippen LogP contribution in [0, 0.1) is 32.6 Å². The molecular formula is C30H29NO4. The maximum absolute atomic E-state index is 14.5. The molecule has 1 heterocycles. The number of ether oxygens (including phenoxy) is 2. The minimum Gasteiger partial charge on any atom is -0.355 e. The van der Waals surface area contributed by atoms with Gasteiger partial charge >= 0.3 is 0 Å². The maximum atomic E-state index is 14.5. The topological polar surface area (TPSA) is 55.8 Å². The fourth-order valence-electron chi connectivity index (χ4n) is 7.44. The smallest absolute Gasteiger partial charge is 0.239 e. The first-order chi connectivity index (χ1) is 16.9. The number of rotatable bonds is 4. The molecule has 1 saturated heterocycles. The summed E-state index contributed by atoms with van der Waals surface area (Å²) < 4.78 is 11.9. The molecule has 2 atom stereocenters. The number of amides is 2.